The number of hydrogen-bond donors (Lipinski definition) is 3. The summed E-state index contributed by atoms with van der Waals surface area (Å²) in [5, 5.41) is 3.65. The molecule has 3 unspecified atom stereocenters. The number of fused-ring (bicyclic) bond motifs is 1. The minimum atomic E-state index is -0.163. The summed E-state index contributed by atoms with van der Waals surface area (Å²) in [6, 6.07) is 4.45. The van der Waals surface area contributed by atoms with Gasteiger partial charge in [-0.2, -0.15) is 0 Å². The number of aromatic nitrogens is 2. The molecule has 0 aliphatic heterocycles. The Morgan fingerprint density at radius 2 is 1.90 bits per heavy atom. The van der Waals surface area contributed by atoms with Crippen LogP contribution in [0.3, 0.4) is 0 Å². The van der Waals surface area contributed by atoms with Gasteiger partial charge in [-0.15, -0.1) is 0 Å². The van der Waals surface area contributed by atoms with E-state index in [1.165, 1.54) is 19.3 Å². The number of imidazole rings is 1. The third kappa shape index (κ3) is 2.64. The Bertz CT molecular complexity index is 675. The summed E-state index contributed by atoms with van der Waals surface area (Å²) in [7, 11) is 0. The molecule has 1 aliphatic rings. The molecule has 5 heteroatoms. The molecule has 0 radical (unpaired) electrons. The third-order valence-electron chi connectivity index (χ3n) is 4.40. The van der Waals surface area contributed by atoms with Crippen LogP contribution in [0.1, 0.15) is 33.1 Å². The first-order valence-electron chi connectivity index (χ1n) is 7.21. The number of benzene rings is 1. The van der Waals surface area contributed by atoms with Crippen LogP contribution in [0.15, 0.2) is 21.4 Å². The van der Waals surface area contributed by atoms with Gasteiger partial charge < -0.3 is 15.3 Å². The van der Waals surface area contributed by atoms with Crippen LogP contribution in [0.4, 0.5) is 5.69 Å². The van der Waals surface area contributed by atoms with Gasteiger partial charge >= 0.3 is 5.69 Å². The Morgan fingerprint density at radius 3 is 2.65 bits per heavy atom. The molecule has 108 valence electrons. The molecule has 1 aliphatic carbocycles. The molecule has 1 aromatic heterocycles. The smallest absolute Gasteiger partial charge is 0.323 e. The molecule has 0 spiro atoms. The van der Waals surface area contributed by atoms with E-state index in [-0.39, 0.29) is 5.69 Å². The average Bonchev–Trinajstić information content (AvgIpc) is 2.73. The fourth-order valence-corrected chi connectivity index (χ4v) is 3.56. The number of anilines is 1. The van der Waals surface area contributed by atoms with E-state index in [4.69, 9.17) is 0 Å². The number of rotatable bonds is 2. The highest BCUT2D eigenvalue weighted by Gasteiger charge is 2.25. The summed E-state index contributed by atoms with van der Waals surface area (Å²) in [6.07, 6.45) is 3.81. The van der Waals surface area contributed by atoms with Crippen LogP contribution in [-0.2, 0) is 0 Å². The van der Waals surface area contributed by atoms with Crippen molar-refractivity contribution in [3.63, 3.8) is 0 Å². The number of aromatic amines is 2. The zero-order valence-electron chi connectivity index (χ0n) is 11.8. The number of hydrogen-bond acceptors (Lipinski definition) is 2. The van der Waals surface area contributed by atoms with Gasteiger partial charge in [0.2, 0.25) is 0 Å². The molecule has 4 nitrogen and oxygen atoms in total. The molecule has 0 bridgehead atoms. The lowest BCUT2D eigenvalue weighted by Crippen LogP contribution is -2.33. The number of nitrogens with one attached hydrogen (secondary N) is 3. The van der Waals surface area contributed by atoms with Crippen LogP contribution in [0.5, 0.6) is 0 Å². The van der Waals surface area contributed by atoms with E-state index in [1.807, 2.05) is 12.1 Å². The first kappa shape index (κ1) is 13.7. The summed E-state index contributed by atoms with van der Waals surface area (Å²) in [4.78, 5) is 16.9. The normalized spacial score (nSPS) is 26.9. The molecule has 3 rings (SSSR count). The van der Waals surface area contributed by atoms with E-state index >= 15 is 0 Å². The van der Waals surface area contributed by atoms with Gasteiger partial charge in [0.15, 0.2) is 0 Å². The zero-order valence-corrected chi connectivity index (χ0v) is 13.4. The maximum absolute atomic E-state index is 11.3. The van der Waals surface area contributed by atoms with Crippen LogP contribution in [0, 0.1) is 11.8 Å². The molecular formula is C15H20BrN3O. The lowest BCUT2D eigenvalue weighted by Gasteiger charge is -2.34. The monoisotopic (exact) mass is 337 g/mol. The van der Waals surface area contributed by atoms with E-state index < -0.39 is 0 Å². The highest BCUT2D eigenvalue weighted by Crippen LogP contribution is 2.33. The SMILES string of the molecule is CC1CCC(C)C(Nc2cc3[nH]c(=O)[nH]c3cc2Br)C1. The van der Waals surface area contributed by atoms with E-state index in [1.54, 1.807) is 0 Å². The predicted molar refractivity (Wildman–Crippen MR) is 86.2 cm³/mol. The van der Waals surface area contributed by atoms with Crippen LogP contribution in [0.2, 0.25) is 0 Å². The molecule has 0 amide bonds. The average molecular weight is 338 g/mol. The number of H-pyrrole nitrogens is 2. The van der Waals surface area contributed by atoms with Crippen molar-refractivity contribution in [3.8, 4) is 0 Å². The van der Waals surface area contributed by atoms with Crippen LogP contribution in [0.25, 0.3) is 11.0 Å². The van der Waals surface area contributed by atoms with Gasteiger partial charge in [-0.1, -0.05) is 20.3 Å². The fourth-order valence-electron chi connectivity index (χ4n) is 3.10. The Kier molecular flexibility index (Phi) is 3.63. The van der Waals surface area contributed by atoms with E-state index in [2.05, 4.69) is 45.1 Å². The second-order valence-electron chi connectivity index (χ2n) is 6.10. The summed E-state index contributed by atoms with van der Waals surface area (Å²) in [5.74, 6) is 1.46. The zero-order chi connectivity index (χ0) is 14.3. The molecule has 3 N–H and O–H groups in total. The van der Waals surface area contributed by atoms with Crippen molar-refractivity contribution in [3.05, 3.63) is 27.1 Å². The quantitative estimate of drug-likeness (QED) is 0.779. The molecule has 1 heterocycles. The maximum atomic E-state index is 11.3. The first-order valence-corrected chi connectivity index (χ1v) is 8.00. The highest BCUT2D eigenvalue weighted by atomic mass is 79.9. The van der Waals surface area contributed by atoms with Crippen LogP contribution < -0.4 is 11.0 Å². The standard InChI is InChI=1S/C15H20BrN3O/c1-8-3-4-9(2)11(5-8)17-12-7-14-13(6-10(12)16)18-15(20)19-14/h6-9,11,17H,3-5H2,1-2H3,(H2,18,19,20). The van der Waals surface area contributed by atoms with Crippen molar-refractivity contribution in [2.75, 3.05) is 5.32 Å². The van der Waals surface area contributed by atoms with Gasteiger partial charge in [0, 0.05) is 10.5 Å². The lowest BCUT2D eigenvalue weighted by atomic mass is 9.80. The molecule has 2 aromatic rings. The van der Waals surface area contributed by atoms with E-state index in [0.29, 0.717) is 12.0 Å². The minimum Gasteiger partial charge on any atom is -0.381 e. The van der Waals surface area contributed by atoms with Gasteiger partial charge in [0.25, 0.3) is 0 Å². The molecule has 1 aromatic carbocycles. The van der Waals surface area contributed by atoms with Crippen molar-refractivity contribution >= 4 is 32.7 Å². The Balaban J connectivity index is 1.89. The topological polar surface area (TPSA) is 60.7 Å². The lowest BCUT2D eigenvalue weighted by molar-refractivity contribution is 0.280. The fraction of sp³-hybridized carbons (Fsp3) is 0.533. The first-order chi connectivity index (χ1) is 9.52. The molecular weight excluding hydrogens is 318 g/mol. The molecule has 1 fully saturated rings. The second-order valence-corrected chi connectivity index (χ2v) is 6.96. The Morgan fingerprint density at radius 1 is 1.20 bits per heavy atom. The third-order valence-corrected chi connectivity index (χ3v) is 5.06. The van der Waals surface area contributed by atoms with Crippen molar-refractivity contribution in [1.82, 2.24) is 9.97 Å². The van der Waals surface area contributed by atoms with Gasteiger partial charge in [-0.25, -0.2) is 4.79 Å². The van der Waals surface area contributed by atoms with Crippen molar-refractivity contribution < 1.29 is 0 Å². The van der Waals surface area contributed by atoms with Crippen molar-refractivity contribution in [2.24, 2.45) is 11.8 Å². The van der Waals surface area contributed by atoms with Gasteiger partial charge in [0.1, 0.15) is 0 Å². The summed E-state index contributed by atoms with van der Waals surface area (Å²) in [6.45, 7) is 4.64. The highest BCUT2D eigenvalue weighted by molar-refractivity contribution is 9.10. The summed E-state index contributed by atoms with van der Waals surface area (Å²) < 4.78 is 0.991. The summed E-state index contributed by atoms with van der Waals surface area (Å²) in [5.41, 5.74) is 2.57. The van der Waals surface area contributed by atoms with Crippen molar-refractivity contribution in [2.45, 2.75) is 39.2 Å². The van der Waals surface area contributed by atoms with Crippen LogP contribution >= 0.6 is 15.9 Å². The maximum Gasteiger partial charge on any atom is 0.323 e. The van der Waals surface area contributed by atoms with Gasteiger partial charge in [0.05, 0.1) is 16.7 Å². The Hall–Kier alpha value is -1.23. The molecule has 0 saturated heterocycles. The summed E-state index contributed by atoms with van der Waals surface area (Å²) >= 11 is 3.59. The van der Waals surface area contributed by atoms with Crippen LogP contribution in [-0.4, -0.2) is 16.0 Å². The van der Waals surface area contributed by atoms with Crippen molar-refractivity contribution in [1.29, 1.82) is 0 Å². The molecule has 3 atom stereocenters. The van der Waals surface area contributed by atoms with Gasteiger partial charge in [-0.3, -0.25) is 0 Å². The minimum absolute atomic E-state index is 0.163. The van der Waals surface area contributed by atoms with E-state index in [0.717, 1.165) is 27.1 Å². The predicted octanol–water partition coefficient (Wildman–Crippen LogP) is 3.86. The Labute approximate surface area is 126 Å². The molecule has 20 heavy (non-hydrogen) atoms. The largest absolute Gasteiger partial charge is 0.381 e. The van der Waals surface area contributed by atoms with Gasteiger partial charge in [-0.05, 0) is 52.7 Å². The number of halogens is 1. The van der Waals surface area contributed by atoms with E-state index in [9.17, 15) is 4.79 Å². The second kappa shape index (κ2) is 5.28. The molecule has 1 saturated carbocycles.